The molecule has 1 aliphatic carbocycles. The summed E-state index contributed by atoms with van der Waals surface area (Å²) in [5, 5.41) is 3.16. The van der Waals surface area contributed by atoms with E-state index in [2.05, 4.69) is 34.9 Å². The summed E-state index contributed by atoms with van der Waals surface area (Å²) in [5.41, 5.74) is 3.77. The zero-order valence-corrected chi connectivity index (χ0v) is 20.0. The molecular weight excluding hydrogens is 457 g/mol. The molecule has 0 aromatic heterocycles. The van der Waals surface area contributed by atoms with Crippen molar-refractivity contribution >= 4 is 6.09 Å². The molecule has 3 fully saturated rings. The van der Waals surface area contributed by atoms with Crippen LogP contribution < -0.4 is 10.1 Å². The highest BCUT2D eigenvalue weighted by Gasteiger charge is 2.40. The smallest absolute Gasteiger partial charge is 0.445 e. The van der Waals surface area contributed by atoms with E-state index >= 15 is 0 Å². The third-order valence-electron chi connectivity index (χ3n) is 7.81. The van der Waals surface area contributed by atoms with Crippen molar-refractivity contribution in [1.82, 2.24) is 10.2 Å². The van der Waals surface area contributed by atoms with E-state index in [1.807, 2.05) is 12.1 Å². The molecule has 2 bridgehead atoms. The summed E-state index contributed by atoms with van der Waals surface area (Å²) in [6.45, 7) is 7.31. The van der Waals surface area contributed by atoms with Crippen LogP contribution in [0.1, 0.15) is 50.3 Å². The van der Waals surface area contributed by atoms with Crippen molar-refractivity contribution in [2.45, 2.75) is 58.0 Å². The van der Waals surface area contributed by atoms with Crippen LogP contribution in [0.25, 0.3) is 11.1 Å². The summed E-state index contributed by atoms with van der Waals surface area (Å²) in [4.78, 5) is 15.3. The number of alkyl carbamates (subject to hydrolysis) is 1. The molecule has 0 saturated carbocycles. The molecule has 0 radical (unpaired) electrons. The first-order valence-corrected chi connectivity index (χ1v) is 12.3. The normalized spacial score (nSPS) is 27.1. The van der Waals surface area contributed by atoms with Crippen molar-refractivity contribution < 1.29 is 27.4 Å². The zero-order chi connectivity index (χ0) is 24.8. The number of fused-ring (bicyclic) bond motifs is 4. The number of carbonyl (C=O) groups is 1. The lowest BCUT2D eigenvalue weighted by molar-refractivity contribution is -0.274. The molecule has 188 valence electrons. The number of hydrogen-bond acceptors (Lipinski definition) is 4. The highest BCUT2D eigenvalue weighted by atomic mass is 19.4. The van der Waals surface area contributed by atoms with Crippen LogP contribution in [0.2, 0.25) is 0 Å². The van der Waals surface area contributed by atoms with Crippen LogP contribution in [0.4, 0.5) is 18.0 Å². The minimum Gasteiger partial charge on any atom is -0.445 e. The Kier molecular flexibility index (Phi) is 6.20. The Morgan fingerprint density at radius 3 is 2.37 bits per heavy atom. The topological polar surface area (TPSA) is 50.8 Å². The Morgan fingerprint density at radius 1 is 1.06 bits per heavy atom. The molecule has 6 rings (SSSR count). The van der Waals surface area contributed by atoms with Gasteiger partial charge in [-0.1, -0.05) is 44.2 Å². The number of amides is 1. The molecule has 3 saturated heterocycles. The molecule has 0 spiro atoms. The lowest BCUT2D eigenvalue weighted by Crippen LogP contribution is -2.53. The SMILES string of the molecule is CC1(C)CCc2cc(-c3ccc(OC(F)(F)F)cc3)ccc2C1NC(=O)O[C@H]1CN2CCC1CC2. The Morgan fingerprint density at radius 2 is 1.74 bits per heavy atom. The van der Waals surface area contributed by atoms with Gasteiger partial charge in [-0.3, -0.25) is 4.90 Å². The first-order chi connectivity index (χ1) is 16.6. The maximum atomic E-state index is 12.9. The van der Waals surface area contributed by atoms with Crippen molar-refractivity contribution in [3.63, 3.8) is 0 Å². The Bertz CT molecular complexity index is 1080. The molecule has 4 aliphatic rings. The van der Waals surface area contributed by atoms with E-state index in [-0.39, 0.29) is 29.4 Å². The first kappa shape index (κ1) is 24.0. The number of ether oxygens (including phenoxy) is 2. The molecular formula is C27H31F3N2O3. The van der Waals surface area contributed by atoms with Gasteiger partial charge in [0.2, 0.25) is 0 Å². The van der Waals surface area contributed by atoms with E-state index in [0.29, 0.717) is 5.92 Å². The highest BCUT2D eigenvalue weighted by molar-refractivity contribution is 5.70. The van der Waals surface area contributed by atoms with E-state index in [0.717, 1.165) is 67.6 Å². The van der Waals surface area contributed by atoms with Crippen molar-refractivity contribution in [2.75, 3.05) is 19.6 Å². The third kappa shape index (κ3) is 5.27. The number of piperidine rings is 3. The van der Waals surface area contributed by atoms with E-state index in [4.69, 9.17) is 4.74 Å². The number of rotatable bonds is 4. The van der Waals surface area contributed by atoms with Gasteiger partial charge in [0.1, 0.15) is 11.9 Å². The van der Waals surface area contributed by atoms with Crippen LogP contribution in [0.3, 0.4) is 0 Å². The standard InChI is InChI=1S/C27H31F3N2O3/c1-26(2)12-9-20-15-19(17-3-6-21(7-4-17)35-27(28,29)30)5-8-22(20)24(26)31-25(33)34-23-16-32-13-10-18(23)11-14-32/h3-8,15,18,23-24H,9-14,16H2,1-2H3,(H,31,33)/t23-,24?/m0/s1. The van der Waals surface area contributed by atoms with Gasteiger partial charge in [-0.15, -0.1) is 13.2 Å². The van der Waals surface area contributed by atoms with Crippen molar-refractivity contribution in [2.24, 2.45) is 11.3 Å². The second-order valence-corrected chi connectivity index (χ2v) is 10.6. The fourth-order valence-electron chi connectivity index (χ4n) is 5.76. The maximum absolute atomic E-state index is 12.9. The number of aryl methyl sites for hydroxylation is 1. The minimum atomic E-state index is -4.71. The second-order valence-electron chi connectivity index (χ2n) is 10.6. The number of alkyl halides is 3. The lowest BCUT2D eigenvalue weighted by atomic mass is 9.70. The molecule has 1 N–H and O–H groups in total. The minimum absolute atomic E-state index is 0.0460. The number of nitrogens with zero attached hydrogens (tertiary/aromatic N) is 1. The molecule has 2 atom stereocenters. The average molecular weight is 489 g/mol. The second kappa shape index (κ2) is 9.04. The van der Waals surface area contributed by atoms with Crippen LogP contribution in [0, 0.1) is 11.3 Å². The Labute approximate surface area is 203 Å². The molecule has 1 unspecified atom stereocenters. The number of hydrogen-bond donors (Lipinski definition) is 1. The maximum Gasteiger partial charge on any atom is 0.573 e. The van der Waals surface area contributed by atoms with Crippen LogP contribution in [0.5, 0.6) is 5.75 Å². The molecule has 5 nitrogen and oxygen atoms in total. The van der Waals surface area contributed by atoms with Gasteiger partial charge < -0.3 is 14.8 Å². The molecule has 3 heterocycles. The summed E-state index contributed by atoms with van der Waals surface area (Å²) in [7, 11) is 0. The molecule has 35 heavy (non-hydrogen) atoms. The van der Waals surface area contributed by atoms with Crippen LogP contribution in [0.15, 0.2) is 42.5 Å². The quantitative estimate of drug-likeness (QED) is 0.566. The van der Waals surface area contributed by atoms with Crippen molar-refractivity contribution in [1.29, 1.82) is 0 Å². The molecule has 8 heteroatoms. The van der Waals surface area contributed by atoms with Gasteiger partial charge in [-0.25, -0.2) is 4.79 Å². The molecule has 1 amide bonds. The molecule has 2 aromatic rings. The van der Waals surface area contributed by atoms with Gasteiger partial charge in [0.25, 0.3) is 0 Å². The van der Waals surface area contributed by atoms with Crippen molar-refractivity contribution in [3.8, 4) is 16.9 Å². The van der Waals surface area contributed by atoms with Gasteiger partial charge >= 0.3 is 12.5 Å². The number of benzene rings is 2. The van der Waals surface area contributed by atoms with E-state index < -0.39 is 6.36 Å². The van der Waals surface area contributed by atoms with Gasteiger partial charge in [-0.2, -0.15) is 0 Å². The average Bonchev–Trinajstić information content (AvgIpc) is 2.81. The van der Waals surface area contributed by atoms with Gasteiger partial charge in [-0.05, 0) is 84.5 Å². The molecule has 2 aromatic carbocycles. The van der Waals surface area contributed by atoms with Gasteiger partial charge in [0, 0.05) is 6.54 Å². The van der Waals surface area contributed by atoms with Crippen molar-refractivity contribution in [3.05, 3.63) is 53.6 Å². The zero-order valence-electron chi connectivity index (χ0n) is 20.0. The third-order valence-corrected chi connectivity index (χ3v) is 7.81. The largest absolute Gasteiger partial charge is 0.573 e. The molecule has 3 aliphatic heterocycles. The number of carbonyl (C=O) groups excluding carboxylic acids is 1. The number of halogens is 3. The monoisotopic (exact) mass is 488 g/mol. The first-order valence-electron chi connectivity index (χ1n) is 12.3. The summed E-state index contributed by atoms with van der Waals surface area (Å²) < 4.78 is 47.2. The van der Waals surface area contributed by atoms with Crippen LogP contribution in [-0.2, 0) is 11.2 Å². The Balaban J connectivity index is 1.31. The van der Waals surface area contributed by atoms with Crippen LogP contribution >= 0.6 is 0 Å². The van der Waals surface area contributed by atoms with E-state index in [1.165, 1.54) is 12.1 Å². The van der Waals surface area contributed by atoms with Crippen LogP contribution in [-0.4, -0.2) is 43.1 Å². The predicted octanol–water partition coefficient (Wildman–Crippen LogP) is 6.09. The predicted molar refractivity (Wildman–Crippen MR) is 126 cm³/mol. The summed E-state index contributed by atoms with van der Waals surface area (Å²) >= 11 is 0. The lowest BCUT2D eigenvalue weighted by Gasteiger charge is -2.44. The fourth-order valence-corrected chi connectivity index (χ4v) is 5.76. The van der Waals surface area contributed by atoms with E-state index in [9.17, 15) is 18.0 Å². The summed E-state index contributed by atoms with van der Waals surface area (Å²) in [5.74, 6) is 0.208. The van der Waals surface area contributed by atoms with Gasteiger partial charge in [0.15, 0.2) is 0 Å². The summed E-state index contributed by atoms with van der Waals surface area (Å²) in [6, 6.07) is 11.7. The van der Waals surface area contributed by atoms with E-state index in [1.54, 1.807) is 12.1 Å². The number of nitrogens with one attached hydrogen (secondary N) is 1. The summed E-state index contributed by atoms with van der Waals surface area (Å²) in [6.07, 6.45) is -1.19. The van der Waals surface area contributed by atoms with Gasteiger partial charge in [0.05, 0.1) is 6.04 Å². The Hall–Kier alpha value is -2.74. The fraction of sp³-hybridized carbons (Fsp3) is 0.519. The highest BCUT2D eigenvalue weighted by Crippen LogP contribution is 2.44.